The summed E-state index contributed by atoms with van der Waals surface area (Å²) in [6.07, 6.45) is 2.90. The predicted octanol–water partition coefficient (Wildman–Crippen LogP) is 6.65. The van der Waals surface area contributed by atoms with Crippen molar-refractivity contribution in [1.82, 2.24) is 44.6 Å². The zero-order chi connectivity index (χ0) is 48.5. The fraction of sp³-hybridized carbons (Fsp3) is 0.478. The summed E-state index contributed by atoms with van der Waals surface area (Å²) in [5.41, 5.74) is 8.01. The summed E-state index contributed by atoms with van der Waals surface area (Å²) in [5, 5.41) is 19.8. The number of nitrogens with zero attached hydrogens (tertiary/aromatic N) is 8. The number of aryl methyl sites for hydroxylation is 3. The van der Waals surface area contributed by atoms with Crippen LogP contribution in [-0.4, -0.2) is 118 Å². The lowest BCUT2D eigenvalue weighted by Crippen LogP contribution is -2.39. The number of nitrogens with one attached hydrogen (secondary N) is 1. The summed E-state index contributed by atoms with van der Waals surface area (Å²) >= 11 is 0. The summed E-state index contributed by atoms with van der Waals surface area (Å²) in [7, 11) is 0. The van der Waals surface area contributed by atoms with E-state index in [0.29, 0.717) is 54.2 Å². The van der Waals surface area contributed by atoms with Gasteiger partial charge in [0.1, 0.15) is 23.9 Å². The number of carbonyl (C=O) groups excluding carboxylic acids is 3. The van der Waals surface area contributed by atoms with Gasteiger partial charge in [0.05, 0.1) is 5.56 Å². The second-order valence-corrected chi connectivity index (χ2v) is 19.1. The van der Waals surface area contributed by atoms with Crippen molar-refractivity contribution in [1.29, 1.82) is 0 Å². The number of amides is 3. The molecule has 2 aromatic carbocycles. The lowest BCUT2D eigenvalue weighted by atomic mass is 10.1. The van der Waals surface area contributed by atoms with E-state index >= 15 is 0 Å². The monoisotopic (exact) mass is 918 g/mol. The van der Waals surface area contributed by atoms with Gasteiger partial charge in [0, 0.05) is 85.8 Å². The molecule has 2 saturated carbocycles. The number of nitrogens with two attached hydrogens (primary N) is 1. The van der Waals surface area contributed by atoms with E-state index < -0.39 is 28.9 Å². The van der Waals surface area contributed by atoms with Gasteiger partial charge < -0.3 is 35.4 Å². The number of hydrogen-bond donors (Lipinski definition) is 3. The third kappa shape index (κ3) is 13.3. The number of hydrogen-bond acceptors (Lipinski definition) is 11. The molecule has 0 radical (unpaired) electrons. The van der Waals surface area contributed by atoms with Crippen molar-refractivity contribution in [2.75, 3.05) is 26.2 Å². The van der Waals surface area contributed by atoms with E-state index in [1.807, 2.05) is 67.5 Å². The molecule has 4 aliphatic rings. The van der Waals surface area contributed by atoms with Crippen LogP contribution in [0.15, 0.2) is 61.2 Å². The van der Waals surface area contributed by atoms with Crippen LogP contribution in [0.25, 0.3) is 35.2 Å². The van der Waals surface area contributed by atoms with Crippen LogP contribution in [0.4, 0.5) is 22.8 Å². The molecule has 66 heavy (non-hydrogen) atoms. The number of carboxylic acids is 1. The number of carbonyl (C=O) groups is 4. The van der Waals surface area contributed by atoms with E-state index in [0.717, 1.165) is 58.9 Å². The number of likely N-dealkylation sites (tertiary alicyclic amines) is 2. The lowest BCUT2D eigenvalue weighted by Gasteiger charge is -2.25. The molecular weight excluding hydrogens is 862 g/mol. The third-order valence-electron chi connectivity index (χ3n) is 11.0. The Bertz CT molecular complexity index is 2460. The number of rotatable bonds is 7. The van der Waals surface area contributed by atoms with Crippen LogP contribution < -0.4 is 11.1 Å². The van der Waals surface area contributed by atoms with Crippen LogP contribution in [0.1, 0.15) is 63.8 Å². The molecule has 4 heterocycles. The number of aromatic nitrogens is 6. The van der Waals surface area contributed by atoms with Crippen molar-refractivity contribution in [2.45, 2.75) is 91.8 Å². The van der Waals surface area contributed by atoms with Crippen molar-refractivity contribution in [3.8, 4) is 22.8 Å². The first-order valence-electron chi connectivity index (χ1n) is 21.4. The third-order valence-corrected chi connectivity index (χ3v) is 11.0. The Kier molecular flexibility index (Phi) is 14.1. The minimum Gasteiger partial charge on any atom is -0.478 e. The van der Waals surface area contributed by atoms with Gasteiger partial charge >= 0.3 is 24.3 Å². The summed E-state index contributed by atoms with van der Waals surface area (Å²) in [4.78, 5) is 58.1. The van der Waals surface area contributed by atoms with Crippen molar-refractivity contribution < 1.29 is 46.9 Å². The SMILES string of the molecule is CC(C)(C)OC(=O)N1CC2C(N)C2C1.Cc1cc(-c2ncn(/C=C\C(=O)O)n2)cc(C(F)(F)F)c1.Cc1cc(C)cc(-c2ncn(/C=C\C(=O)NC3C4CN(C(=O)OC(C)(C)C)CC43)n2)c1. The maximum Gasteiger partial charge on any atom is 0.416 e. The van der Waals surface area contributed by atoms with Crippen LogP contribution in [0, 0.1) is 44.4 Å². The van der Waals surface area contributed by atoms with E-state index in [2.05, 4.69) is 31.5 Å². The maximum absolute atomic E-state index is 12.8. The Morgan fingerprint density at radius 3 is 1.55 bits per heavy atom. The zero-order valence-electron chi connectivity index (χ0n) is 38.4. The fourth-order valence-corrected chi connectivity index (χ4v) is 7.90. The largest absolute Gasteiger partial charge is 0.478 e. The molecule has 4 N–H and O–H groups in total. The van der Waals surface area contributed by atoms with Gasteiger partial charge in [-0.1, -0.05) is 17.2 Å². The van der Waals surface area contributed by atoms with E-state index in [9.17, 15) is 32.3 Å². The summed E-state index contributed by atoms with van der Waals surface area (Å²) in [6, 6.07) is 10.1. The Morgan fingerprint density at radius 2 is 1.11 bits per heavy atom. The van der Waals surface area contributed by atoms with Crippen LogP contribution in [0.3, 0.4) is 0 Å². The van der Waals surface area contributed by atoms with Crippen molar-refractivity contribution in [3.63, 3.8) is 0 Å². The lowest BCUT2D eigenvalue weighted by molar-refractivity contribution is -0.137. The molecule has 4 aromatic rings. The van der Waals surface area contributed by atoms with Gasteiger partial charge in [0.2, 0.25) is 5.91 Å². The minimum absolute atomic E-state index is 0.0826. The standard InChI is InChI=1S/C23H29N5O3.C13H10F3N3O2.C10H18N2O2/c1-14-8-15(2)10-16(9-14)21-24-13-28(26-21)7-6-19(29)25-20-17-11-27(12-18(17)20)22(30)31-23(3,4)5;1-8-4-9(6-10(5-8)13(14,15)16)12-17-7-19(18-12)3-2-11(20)21;1-10(2,3)14-9(13)12-4-6-7(5-12)8(6)11/h6-10,13,17-18,20H,11-12H2,1-5H3,(H,25,29);2-7H,1H3,(H,20,21);6-8H,4-5,11H2,1-3H3/b7-6-;3-2-;. The molecule has 4 fully saturated rings. The number of ether oxygens (including phenoxy) is 2. The Morgan fingerprint density at radius 1 is 0.682 bits per heavy atom. The van der Waals surface area contributed by atoms with Crippen LogP contribution >= 0.6 is 0 Å². The van der Waals surface area contributed by atoms with Crippen molar-refractivity contribution >= 4 is 36.5 Å². The molecule has 20 heteroatoms. The zero-order valence-corrected chi connectivity index (χ0v) is 38.4. The molecule has 0 bridgehead atoms. The fourth-order valence-electron chi connectivity index (χ4n) is 7.90. The van der Waals surface area contributed by atoms with Crippen LogP contribution in [-0.2, 0) is 25.2 Å². The van der Waals surface area contributed by atoms with E-state index in [4.69, 9.17) is 20.3 Å². The van der Waals surface area contributed by atoms with Gasteiger partial charge in [0.15, 0.2) is 11.6 Å². The quantitative estimate of drug-likeness (QED) is 0.166. The van der Waals surface area contributed by atoms with E-state index in [1.165, 1.54) is 23.2 Å². The van der Waals surface area contributed by atoms with Crippen LogP contribution in [0.2, 0.25) is 0 Å². The van der Waals surface area contributed by atoms with Crippen LogP contribution in [0.5, 0.6) is 0 Å². The van der Waals surface area contributed by atoms with E-state index in [1.54, 1.807) is 29.3 Å². The normalized spacial score (nSPS) is 21.9. The Hall–Kier alpha value is -6.57. The Labute approximate surface area is 380 Å². The van der Waals surface area contributed by atoms with E-state index in [-0.39, 0.29) is 35.5 Å². The first-order chi connectivity index (χ1) is 30.7. The van der Waals surface area contributed by atoms with Gasteiger partial charge in [-0.15, -0.1) is 10.2 Å². The molecule has 354 valence electrons. The first-order valence-corrected chi connectivity index (χ1v) is 21.4. The highest BCUT2D eigenvalue weighted by Crippen LogP contribution is 2.46. The number of aliphatic carboxylic acids is 1. The van der Waals surface area contributed by atoms with Gasteiger partial charge in [0.25, 0.3) is 0 Å². The van der Waals surface area contributed by atoms with Crippen molar-refractivity contribution in [2.24, 2.45) is 29.4 Å². The number of halogens is 3. The molecule has 2 saturated heterocycles. The molecule has 17 nitrogen and oxygen atoms in total. The summed E-state index contributed by atoms with van der Waals surface area (Å²) < 4.78 is 51.6. The molecule has 4 unspecified atom stereocenters. The second kappa shape index (κ2) is 19.1. The van der Waals surface area contributed by atoms with Gasteiger partial charge in [-0.05, 0) is 110 Å². The number of benzene rings is 2. The smallest absolute Gasteiger partial charge is 0.416 e. The number of carboxylic acid groups (broad SMARTS) is 1. The molecule has 2 aliphatic carbocycles. The molecule has 4 atom stereocenters. The molecule has 0 spiro atoms. The van der Waals surface area contributed by atoms with Gasteiger partial charge in [-0.25, -0.2) is 33.7 Å². The average molecular weight is 919 g/mol. The number of piperidine rings is 2. The highest BCUT2D eigenvalue weighted by Gasteiger charge is 2.58. The average Bonchev–Trinajstić information content (AvgIpc) is 3.71. The minimum atomic E-state index is -4.45. The second-order valence-electron chi connectivity index (χ2n) is 19.1. The number of fused-ring (bicyclic) bond motifs is 2. The Balaban J connectivity index is 0.000000177. The molecule has 2 aromatic heterocycles. The molecule has 3 amide bonds. The number of alkyl halides is 3. The van der Waals surface area contributed by atoms with Gasteiger partial charge in [-0.3, -0.25) is 4.79 Å². The molecule has 2 aliphatic heterocycles. The van der Waals surface area contributed by atoms with Crippen molar-refractivity contribution in [3.05, 3.63) is 83.5 Å². The maximum atomic E-state index is 12.8. The first kappa shape index (κ1) is 48.9. The van der Waals surface area contributed by atoms with Gasteiger partial charge in [-0.2, -0.15) is 13.2 Å². The topological polar surface area (TPSA) is 213 Å². The summed E-state index contributed by atoms with van der Waals surface area (Å²) in [6.45, 7) is 19.6. The molecular formula is C46H57F3N10O7. The summed E-state index contributed by atoms with van der Waals surface area (Å²) in [5.74, 6) is 1.02. The highest BCUT2D eigenvalue weighted by atomic mass is 19.4. The highest BCUT2D eigenvalue weighted by molar-refractivity contribution is 5.90. The predicted molar refractivity (Wildman–Crippen MR) is 238 cm³/mol. The molecule has 8 rings (SSSR count).